The van der Waals surface area contributed by atoms with E-state index in [4.69, 9.17) is 9.97 Å². The predicted molar refractivity (Wildman–Crippen MR) is 232 cm³/mol. The summed E-state index contributed by atoms with van der Waals surface area (Å²) in [6.45, 7) is 0. The van der Waals surface area contributed by atoms with Crippen molar-refractivity contribution in [2.45, 2.75) is 0 Å². The Morgan fingerprint density at radius 3 is 1.69 bits per heavy atom. The molecule has 0 aliphatic carbocycles. The molecule has 254 valence electrons. The molecule has 3 nitrogen and oxygen atoms in total. The van der Waals surface area contributed by atoms with Crippen molar-refractivity contribution < 1.29 is 0 Å². The van der Waals surface area contributed by atoms with Crippen LogP contribution >= 0.6 is 0 Å². The minimum absolute atomic E-state index is 0.982. The van der Waals surface area contributed by atoms with E-state index in [1.54, 1.807) is 0 Å². The second-order valence-corrected chi connectivity index (χ2v) is 14.5. The highest BCUT2D eigenvalue weighted by molar-refractivity contribution is 6.28. The first-order chi connectivity index (χ1) is 27.3. The molecule has 0 saturated heterocycles. The molecule has 0 amide bonds. The van der Waals surface area contributed by atoms with Crippen molar-refractivity contribution in [3.05, 3.63) is 188 Å². The second-order valence-electron chi connectivity index (χ2n) is 14.5. The summed E-state index contributed by atoms with van der Waals surface area (Å²) in [6, 6.07) is 67.8. The van der Waals surface area contributed by atoms with Crippen LogP contribution in [0.3, 0.4) is 0 Å². The predicted octanol–water partition coefficient (Wildman–Crippen LogP) is 13.8. The Balaban J connectivity index is 1.21. The number of hydrogen-bond acceptors (Lipinski definition) is 2. The Morgan fingerprint density at radius 1 is 0.345 bits per heavy atom. The summed E-state index contributed by atoms with van der Waals surface area (Å²) in [5.41, 5.74) is 10.9. The second kappa shape index (κ2) is 11.6. The Kier molecular flexibility index (Phi) is 6.34. The van der Waals surface area contributed by atoms with Gasteiger partial charge < -0.3 is 4.57 Å². The van der Waals surface area contributed by atoms with Gasteiger partial charge in [0, 0.05) is 59.9 Å². The topological polar surface area (TPSA) is 30.7 Å². The van der Waals surface area contributed by atoms with Gasteiger partial charge in [-0.25, -0.2) is 9.97 Å². The van der Waals surface area contributed by atoms with Crippen LogP contribution in [-0.4, -0.2) is 14.5 Å². The van der Waals surface area contributed by atoms with E-state index in [0.717, 1.165) is 66.0 Å². The van der Waals surface area contributed by atoms with Crippen molar-refractivity contribution in [1.29, 1.82) is 0 Å². The molecule has 0 aliphatic rings. The van der Waals surface area contributed by atoms with Gasteiger partial charge in [0.2, 0.25) is 0 Å². The maximum Gasteiger partial charge on any atom is 0.0795 e. The molecule has 55 heavy (non-hydrogen) atoms. The maximum absolute atomic E-state index is 5.53. The lowest BCUT2D eigenvalue weighted by Crippen LogP contribution is -1.95. The summed E-state index contributed by atoms with van der Waals surface area (Å²) in [5.74, 6) is 0. The van der Waals surface area contributed by atoms with Crippen molar-refractivity contribution in [3.8, 4) is 28.1 Å². The molecule has 3 heteroatoms. The Hall–Kier alpha value is -7.36. The first kappa shape index (κ1) is 30.1. The third-order valence-corrected chi connectivity index (χ3v) is 11.5. The van der Waals surface area contributed by atoms with Crippen LogP contribution in [-0.2, 0) is 0 Å². The molecule has 0 fully saturated rings. The van der Waals surface area contributed by atoms with E-state index in [0.29, 0.717) is 0 Å². The van der Waals surface area contributed by atoms with Crippen LogP contribution in [0.1, 0.15) is 0 Å². The van der Waals surface area contributed by atoms with E-state index in [-0.39, 0.29) is 0 Å². The Morgan fingerprint density at radius 2 is 0.945 bits per heavy atom. The fourth-order valence-electron chi connectivity index (χ4n) is 9.11. The molecule has 0 atom stereocenters. The van der Waals surface area contributed by atoms with Crippen molar-refractivity contribution in [3.63, 3.8) is 0 Å². The summed E-state index contributed by atoms with van der Waals surface area (Å²) >= 11 is 0. The fraction of sp³-hybridized carbons (Fsp3) is 0. The molecule has 0 N–H and O–H groups in total. The van der Waals surface area contributed by atoms with Crippen molar-refractivity contribution in [1.82, 2.24) is 14.5 Å². The Labute approximate surface area is 316 Å². The van der Waals surface area contributed by atoms with Gasteiger partial charge in [-0.05, 0) is 58.1 Å². The zero-order chi connectivity index (χ0) is 36.0. The van der Waals surface area contributed by atoms with Crippen molar-refractivity contribution in [2.24, 2.45) is 0 Å². The van der Waals surface area contributed by atoms with Gasteiger partial charge in [0.1, 0.15) is 0 Å². The molecule has 12 aromatic rings. The van der Waals surface area contributed by atoms with Gasteiger partial charge in [0.05, 0.1) is 33.3 Å². The van der Waals surface area contributed by atoms with Gasteiger partial charge in [-0.2, -0.15) is 0 Å². The molecule has 0 spiro atoms. The SMILES string of the molecule is c1ccc(-n2c3ccccc3c3c4c(-c5cccc(-c6c7ccc8ccccc8c7nc7c6ccc6ccccc67)c5)nc5ccccc5c4ccc32)cc1. The first-order valence-corrected chi connectivity index (χ1v) is 18.8. The lowest BCUT2D eigenvalue weighted by molar-refractivity contribution is 1.18. The van der Waals surface area contributed by atoms with Gasteiger partial charge in [0.25, 0.3) is 0 Å². The summed E-state index contributed by atoms with van der Waals surface area (Å²) in [6.07, 6.45) is 0. The quantitative estimate of drug-likeness (QED) is 0.136. The molecule has 9 aromatic carbocycles. The molecule has 0 unspecified atom stereocenters. The molecule has 12 rings (SSSR count). The standard InChI is InChI=1S/C52H31N3/c1-2-17-36(18-3-1)55-45-24-11-9-22-41(45)48-46(55)30-29-40-39-21-8-10-23-44(39)53-50(49(40)48)35-16-12-15-34(31-35)47-42-27-25-32-13-4-6-19-37(32)51(42)54-52-38-20-7-5-14-33(38)26-28-43(47)52/h1-31H. The number of benzene rings is 9. The van der Waals surface area contributed by atoms with Crippen molar-refractivity contribution >= 4 is 86.8 Å². The highest BCUT2D eigenvalue weighted by atomic mass is 15.0. The van der Waals surface area contributed by atoms with E-state index < -0.39 is 0 Å². The van der Waals surface area contributed by atoms with Gasteiger partial charge in [-0.1, -0.05) is 152 Å². The zero-order valence-electron chi connectivity index (χ0n) is 29.7. The minimum atomic E-state index is 0.982. The van der Waals surface area contributed by atoms with Crippen LogP contribution < -0.4 is 0 Å². The van der Waals surface area contributed by atoms with Gasteiger partial charge in [-0.15, -0.1) is 0 Å². The van der Waals surface area contributed by atoms with Crippen LogP contribution in [0.4, 0.5) is 0 Å². The van der Waals surface area contributed by atoms with Crippen LogP contribution in [0, 0.1) is 0 Å². The summed E-state index contributed by atoms with van der Waals surface area (Å²) in [4.78, 5) is 11.0. The highest BCUT2D eigenvalue weighted by Crippen LogP contribution is 2.45. The third-order valence-electron chi connectivity index (χ3n) is 11.5. The molecule has 3 aromatic heterocycles. The molecule has 3 heterocycles. The molecule has 0 bridgehead atoms. The first-order valence-electron chi connectivity index (χ1n) is 18.8. The molecular weight excluding hydrogens is 667 g/mol. The van der Waals surface area contributed by atoms with E-state index in [9.17, 15) is 0 Å². The molecule has 0 radical (unpaired) electrons. The minimum Gasteiger partial charge on any atom is -0.309 e. The number of hydrogen-bond donors (Lipinski definition) is 0. The van der Waals surface area contributed by atoms with Crippen LogP contribution in [0.15, 0.2) is 188 Å². The number of rotatable bonds is 3. The fourth-order valence-corrected chi connectivity index (χ4v) is 9.11. The van der Waals surface area contributed by atoms with Gasteiger partial charge in [-0.3, -0.25) is 0 Å². The van der Waals surface area contributed by atoms with Gasteiger partial charge in [0.15, 0.2) is 0 Å². The lowest BCUT2D eigenvalue weighted by Gasteiger charge is -2.16. The lowest BCUT2D eigenvalue weighted by atomic mass is 9.90. The number of pyridine rings is 2. The van der Waals surface area contributed by atoms with Gasteiger partial charge >= 0.3 is 0 Å². The number of aromatic nitrogens is 3. The van der Waals surface area contributed by atoms with E-state index in [2.05, 4.69) is 193 Å². The third kappa shape index (κ3) is 4.38. The summed E-state index contributed by atoms with van der Waals surface area (Å²) in [5, 5.41) is 12.9. The van der Waals surface area contributed by atoms with Crippen LogP contribution in [0.5, 0.6) is 0 Å². The van der Waals surface area contributed by atoms with E-state index in [1.807, 2.05) is 0 Å². The van der Waals surface area contributed by atoms with Crippen LogP contribution in [0.2, 0.25) is 0 Å². The average Bonchev–Trinajstić information content (AvgIpc) is 3.60. The summed E-state index contributed by atoms with van der Waals surface area (Å²) in [7, 11) is 0. The zero-order valence-corrected chi connectivity index (χ0v) is 29.7. The van der Waals surface area contributed by atoms with Crippen molar-refractivity contribution in [2.75, 3.05) is 0 Å². The molecule has 0 saturated carbocycles. The Bertz CT molecular complexity index is 3450. The molecule has 0 aliphatic heterocycles. The average molecular weight is 698 g/mol. The monoisotopic (exact) mass is 697 g/mol. The number of fused-ring (bicyclic) bond motifs is 13. The smallest absolute Gasteiger partial charge is 0.0795 e. The van der Waals surface area contributed by atoms with E-state index in [1.165, 1.54) is 48.9 Å². The molecular formula is C52H31N3. The number of para-hydroxylation sites is 3. The summed E-state index contributed by atoms with van der Waals surface area (Å²) < 4.78 is 2.39. The number of nitrogens with zero attached hydrogens (tertiary/aromatic N) is 3. The van der Waals surface area contributed by atoms with E-state index >= 15 is 0 Å². The normalized spacial score (nSPS) is 12.0. The van der Waals surface area contributed by atoms with Crippen LogP contribution in [0.25, 0.3) is 115 Å². The maximum atomic E-state index is 5.53. The highest BCUT2D eigenvalue weighted by Gasteiger charge is 2.21. The largest absolute Gasteiger partial charge is 0.309 e.